The van der Waals surface area contributed by atoms with Crippen LogP contribution in [-0.4, -0.2) is 44.1 Å². The molecular formula is C23H24N4O3S. The number of amides is 1. The van der Waals surface area contributed by atoms with Crippen LogP contribution in [0.25, 0.3) is 16.6 Å². The third-order valence-electron chi connectivity index (χ3n) is 5.84. The molecule has 3 aliphatic rings. The van der Waals surface area contributed by atoms with Gasteiger partial charge in [0.2, 0.25) is 5.91 Å². The molecule has 1 amide bonds. The molecule has 160 valence electrons. The fourth-order valence-corrected chi connectivity index (χ4v) is 5.42. The number of fused-ring (bicyclic) bond motifs is 2. The van der Waals surface area contributed by atoms with Crippen LogP contribution in [0.1, 0.15) is 44.6 Å². The van der Waals surface area contributed by atoms with Gasteiger partial charge in [0, 0.05) is 24.9 Å². The first kappa shape index (κ1) is 20.1. The standard InChI is InChI=1S/C23H24N4O3S/c1-14(28)25-22-26-19-8-7-15(12-21(19)31-22)16-11-20-18(24-13-16)9-10-27(20)23(29)30-17-5-3-2-4-6-17/h7-13,17,19,21H,2-6H2,1H3,(H,25,26,28). The normalized spacial score (nSPS) is 23.3. The second-order valence-electron chi connectivity index (χ2n) is 8.13. The van der Waals surface area contributed by atoms with Gasteiger partial charge in [0.25, 0.3) is 0 Å². The number of allylic oxidation sites excluding steroid dienone is 2. The Balaban J connectivity index is 1.37. The molecule has 1 aliphatic heterocycles. The Morgan fingerprint density at radius 1 is 1.26 bits per heavy atom. The Kier molecular flexibility index (Phi) is 5.40. The zero-order valence-corrected chi connectivity index (χ0v) is 18.1. The van der Waals surface area contributed by atoms with Crippen LogP contribution in [0, 0.1) is 0 Å². The van der Waals surface area contributed by atoms with Gasteiger partial charge in [0.05, 0.1) is 22.3 Å². The van der Waals surface area contributed by atoms with Crippen LogP contribution < -0.4 is 5.32 Å². The number of hydrogen-bond acceptors (Lipinski definition) is 6. The van der Waals surface area contributed by atoms with Crippen LogP contribution >= 0.6 is 11.8 Å². The molecule has 0 radical (unpaired) electrons. The van der Waals surface area contributed by atoms with Crippen molar-refractivity contribution in [1.82, 2.24) is 14.9 Å². The SMILES string of the molecule is CC(=O)NC1=NC2C=CC(c3cnc4ccn(C(=O)OC5CCCCC5)c4c3)=CC2S1. The number of nitrogens with one attached hydrogen (secondary N) is 1. The Bertz CT molecular complexity index is 1130. The van der Waals surface area contributed by atoms with Crippen molar-refractivity contribution in [2.75, 3.05) is 0 Å². The third-order valence-corrected chi connectivity index (χ3v) is 6.96. The second kappa shape index (κ2) is 8.34. The lowest BCUT2D eigenvalue weighted by molar-refractivity contribution is -0.117. The summed E-state index contributed by atoms with van der Waals surface area (Å²) < 4.78 is 7.30. The van der Waals surface area contributed by atoms with E-state index in [1.807, 2.05) is 30.5 Å². The predicted octanol–water partition coefficient (Wildman–Crippen LogP) is 4.28. The minimum Gasteiger partial charge on any atom is -0.446 e. The van der Waals surface area contributed by atoms with Crippen LogP contribution in [0.4, 0.5) is 4.79 Å². The van der Waals surface area contributed by atoms with E-state index in [-0.39, 0.29) is 29.4 Å². The summed E-state index contributed by atoms with van der Waals surface area (Å²) in [6.45, 7) is 1.48. The number of hydrogen-bond donors (Lipinski definition) is 1. The van der Waals surface area contributed by atoms with Crippen molar-refractivity contribution in [2.24, 2.45) is 4.99 Å². The molecule has 8 heteroatoms. The van der Waals surface area contributed by atoms with Gasteiger partial charge in [-0.05, 0) is 43.4 Å². The average molecular weight is 437 g/mol. The summed E-state index contributed by atoms with van der Waals surface area (Å²) in [6.07, 6.45) is 14.8. The highest BCUT2D eigenvalue weighted by Gasteiger charge is 2.30. The van der Waals surface area contributed by atoms with E-state index in [2.05, 4.69) is 21.4 Å². The summed E-state index contributed by atoms with van der Waals surface area (Å²) in [5, 5.41) is 3.55. The van der Waals surface area contributed by atoms with Crippen LogP contribution in [0.2, 0.25) is 0 Å². The lowest BCUT2D eigenvalue weighted by Gasteiger charge is -2.22. The molecule has 31 heavy (non-hydrogen) atoms. The van der Waals surface area contributed by atoms with Gasteiger partial charge in [0.1, 0.15) is 6.10 Å². The highest BCUT2D eigenvalue weighted by molar-refractivity contribution is 8.14. The van der Waals surface area contributed by atoms with Gasteiger partial charge in [-0.15, -0.1) is 0 Å². The van der Waals surface area contributed by atoms with Gasteiger partial charge in [-0.2, -0.15) is 0 Å². The number of ether oxygens (including phenoxy) is 1. The molecule has 5 rings (SSSR count). The van der Waals surface area contributed by atoms with Crippen molar-refractivity contribution in [3.8, 4) is 0 Å². The van der Waals surface area contributed by atoms with E-state index in [9.17, 15) is 9.59 Å². The molecule has 2 atom stereocenters. The van der Waals surface area contributed by atoms with Crippen molar-refractivity contribution in [1.29, 1.82) is 0 Å². The predicted molar refractivity (Wildman–Crippen MR) is 122 cm³/mol. The second-order valence-corrected chi connectivity index (χ2v) is 9.29. The topological polar surface area (TPSA) is 85.6 Å². The number of aliphatic imine (C=N–C) groups is 1. The van der Waals surface area contributed by atoms with Crippen LogP contribution in [0.5, 0.6) is 0 Å². The quantitative estimate of drug-likeness (QED) is 0.759. The first-order chi connectivity index (χ1) is 15.1. The molecule has 0 aromatic carbocycles. The number of rotatable bonds is 2. The summed E-state index contributed by atoms with van der Waals surface area (Å²) in [6, 6.07) is 3.83. The Morgan fingerprint density at radius 2 is 2.10 bits per heavy atom. The molecule has 0 saturated heterocycles. The van der Waals surface area contributed by atoms with E-state index in [0.29, 0.717) is 5.17 Å². The van der Waals surface area contributed by atoms with Gasteiger partial charge in [0.15, 0.2) is 5.17 Å². The van der Waals surface area contributed by atoms with Crippen molar-refractivity contribution in [3.05, 3.63) is 48.3 Å². The number of pyridine rings is 1. The maximum absolute atomic E-state index is 12.8. The summed E-state index contributed by atoms with van der Waals surface area (Å²) >= 11 is 1.54. The molecule has 2 aromatic heterocycles. The van der Waals surface area contributed by atoms with Crippen LogP contribution in [0.15, 0.2) is 47.7 Å². The van der Waals surface area contributed by atoms with Gasteiger partial charge in [-0.1, -0.05) is 36.4 Å². The largest absolute Gasteiger partial charge is 0.446 e. The maximum Gasteiger partial charge on any atom is 0.418 e. The lowest BCUT2D eigenvalue weighted by atomic mass is 9.98. The van der Waals surface area contributed by atoms with E-state index >= 15 is 0 Å². The first-order valence-corrected chi connectivity index (χ1v) is 11.6. The minimum absolute atomic E-state index is 0.00737. The highest BCUT2D eigenvalue weighted by atomic mass is 32.2. The van der Waals surface area contributed by atoms with E-state index in [4.69, 9.17) is 4.74 Å². The molecule has 2 unspecified atom stereocenters. The number of amidine groups is 1. The van der Waals surface area contributed by atoms with E-state index in [1.54, 1.807) is 22.5 Å². The van der Waals surface area contributed by atoms with Crippen molar-refractivity contribution >= 4 is 45.5 Å². The van der Waals surface area contributed by atoms with Crippen molar-refractivity contribution in [3.63, 3.8) is 0 Å². The van der Waals surface area contributed by atoms with E-state index in [1.165, 1.54) is 13.3 Å². The average Bonchev–Trinajstić information content (AvgIpc) is 3.36. The smallest absolute Gasteiger partial charge is 0.418 e. The van der Waals surface area contributed by atoms with Gasteiger partial charge < -0.3 is 10.1 Å². The molecule has 0 bridgehead atoms. The molecule has 3 heterocycles. The molecular weight excluding hydrogens is 412 g/mol. The number of nitrogens with zero attached hydrogens (tertiary/aromatic N) is 3. The molecule has 1 N–H and O–H groups in total. The summed E-state index contributed by atoms with van der Waals surface area (Å²) in [7, 11) is 0. The number of thioether (sulfide) groups is 1. The number of aromatic nitrogens is 2. The lowest BCUT2D eigenvalue weighted by Crippen LogP contribution is -2.24. The Morgan fingerprint density at radius 3 is 2.90 bits per heavy atom. The number of carbonyl (C=O) groups excluding carboxylic acids is 2. The highest BCUT2D eigenvalue weighted by Crippen LogP contribution is 2.35. The summed E-state index contributed by atoms with van der Waals surface area (Å²) in [5.74, 6) is -0.117. The van der Waals surface area contributed by atoms with E-state index < -0.39 is 0 Å². The molecule has 2 aromatic rings. The van der Waals surface area contributed by atoms with E-state index in [0.717, 1.165) is 47.9 Å². The molecule has 2 aliphatic carbocycles. The fourth-order valence-electron chi connectivity index (χ4n) is 4.27. The monoisotopic (exact) mass is 436 g/mol. The Hall–Kier alpha value is -2.87. The van der Waals surface area contributed by atoms with Gasteiger partial charge in [-0.25, -0.2) is 4.79 Å². The molecule has 0 spiro atoms. The minimum atomic E-state index is -0.339. The molecule has 1 saturated carbocycles. The summed E-state index contributed by atoms with van der Waals surface area (Å²) in [4.78, 5) is 33.2. The zero-order chi connectivity index (χ0) is 21.4. The van der Waals surface area contributed by atoms with Crippen LogP contribution in [0.3, 0.4) is 0 Å². The van der Waals surface area contributed by atoms with Gasteiger partial charge >= 0.3 is 6.09 Å². The molecule has 1 fully saturated rings. The number of carbonyl (C=O) groups is 2. The zero-order valence-electron chi connectivity index (χ0n) is 17.3. The fraction of sp³-hybridized carbons (Fsp3) is 0.391. The van der Waals surface area contributed by atoms with Crippen LogP contribution in [-0.2, 0) is 9.53 Å². The molecule has 7 nitrogen and oxygen atoms in total. The van der Waals surface area contributed by atoms with Gasteiger partial charge in [-0.3, -0.25) is 19.3 Å². The summed E-state index contributed by atoms with van der Waals surface area (Å²) in [5.41, 5.74) is 3.45. The van der Waals surface area contributed by atoms with Crippen molar-refractivity contribution in [2.45, 2.75) is 56.4 Å². The first-order valence-electron chi connectivity index (χ1n) is 10.7. The third kappa shape index (κ3) is 4.17. The van der Waals surface area contributed by atoms with Crippen molar-refractivity contribution < 1.29 is 14.3 Å². The maximum atomic E-state index is 12.8. The Labute approximate surface area is 184 Å².